The molecule has 0 amide bonds. The van der Waals surface area contributed by atoms with Crippen molar-refractivity contribution in [3.8, 4) is 0 Å². The third kappa shape index (κ3) is 8.10. The van der Waals surface area contributed by atoms with Crippen molar-refractivity contribution in [3.63, 3.8) is 0 Å². The van der Waals surface area contributed by atoms with E-state index in [0.29, 0.717) is 0 Å². The third-order valence-corrected chi connectivity index (χ3v) is 5.03. The van der Waals surface area contributed by atoms with Gasteiger partial charge in [-0.2, -0.15) is 0 Å². The lowest BCUT2D eigenvalue weighted by Crippen LogP contribution is -3.00. The Morgan fingerprint density at radius 3 is 1.27 bits per heavy atom. The van der Waals surface area contributed by atoms with Crippen LogP contribution in [0.1, 0.15) is 39.5 Å². The topological polar surface area (TPSA) is 7.76 Å². The number of hydrogen-bond acceptors (Lipinski definition) is 0. The molecule has 2 heterocycles. The Morgan fingerprint density at radius 2 is 0.900 bits per heavy atom. The number of fused-ring (bicyclic) bond motifs is 2. The van der Waals surface area contributed by atoms with Gasteiger partial charge >= 0.3 is 0 Å². The van der Waals surface area contributed by atoms with Crippen molar-refractivity contribution >= 4 is 21.5 Å². The Labute approximate surface area is 215 Å². The van der Waals surface area contributed by atoms with Crippen LogP contribution in [0.3, 0.4) is 0 Å². The fourth-order valence-corrected chi connectivity index (χ4v) is 3.32. The number of unbranched alkanes of at least 4 members (excludes halogenated alkanes) is 2. The summed E-state index contributed by atoms with van der Waals surface area (Å²) in [5.41, 5.74) is 0. The van der Waals surface area contributed by atoms with Crippen molar-refractivity contribution in [2.45, 2.75) is 52.6 Å². The van der Waals surface area contributed by atoms with E-state index >= 15 is 0 Å². The molecule has 4 heteroatoms. The molecule has 30 heavy (non-hydrogen) atoms. The van der Waals surface area contributed by atoms with Crippen molar-refractivity contribution < 1.29 is 57.1 Å². The van der Waals surface area contributed by atoms with Crippen molar-refractivity contribution in [1.82, 2.24) is 0 Å². The summed E-state index contributed by atoms with van der Waals surface area (Å²) in [4.78, 5) is 0. The quantitative estimate of drug-likeness (QED) is 0.208. The zero-order chi connectivity index (χ0) is 19.6. The molecular formula is C26H32I2N2. The maximum Gasteiger partial charge on any atom is 0.176 e. The summed E-state index contributed by atoms with van der Waals surface area (Å²) in [5, 5.41) is 5.29. The average molecular weight is 626 g/mol. The largest absolute Gasteiger partial charge is 1.00 e. The highest BCUT2D eigenvalue weighted by Gasteiger charge is 2.01. The van der Waals surface area contributed by atoms with Gasteiger partial charge in [-0.05, 0) is 22.9 Å². The van der Waals surface area contributed by atoms with Gasteiger partial charge in [-0.1, -0.05) is 63.1 Å². The van der Waals surface area contributed by atoms with Crippen LogP contribution in [0, 0.1) is 0 Å². The van der Waals surface area contributed by atoms with Gasteiger partial charge in [0.25, 0.3) is 0 Å². The van der Waals surface area contributed by atoms with Crippen LogP contribution < -0.4 is 57.1 Å². The summed E-state index contributed by atoms with van der Waals surface area (Å²) < 4.78 is 4.54. The van der Waals surface area contributed by atoms with E-state index in [0.717, 1.165) is 13.1 Å². The first kappa shape index (κ1) is 26.8. The van der Waals surface area contributed by atoms with Gasteiger partial charge in [-0.25, -0.2) is 9.13 Å². The second-order valence-corrected chi connectivity index (χ2v) is 7.33. The lowest BCUT2D eigenvalue weighted by Gasteiger charge is -1.97. The molecule has 0 aliphatic carbocycles. The van der Waals surface area contributed by atoms with Gasteiger partial charge in [0.05, 0.1) is 0 Å². The first-order valence-electron chi connectivity index (χ1n) is 10.6. The molecule has 4 aromatic rings. The van der Waals surface area contributed by atoms with Gasteiger partial charge in [0, 0.05) is 35.7 Å². The molecule has 2 nitrogen and oxygen atoms in total. The zero-order valence-electron chi connectivity index (χ0n) is 18.0. The maximum atomic E-state index is 2.27. The number of halogens is 2. The van der Waals surface area contributed by atoms with Gasteiger partial charge in [0.2, 0.25) is 0 Å². The molecule has 0 saturated carbocycles. The van der Waals surface area contributed by atoms with E-state index in [1.165, 1.54) is 47.2 Å². The number of aryl methyl sites for hydroxylation is 2. The highest BCUT2D eigenvalue weighted by Crippen LogP contribution is 2.10. The number of pyridine rings is 2. The Balaban J connectivity index is 0.000000281. The Bertz CT molecular complexity index is 934. The molecule has 4 rings (SSSR count). The molecule has 0 radical (unpaired) electrons. The molecule has 2 aromatic carbocycles. The summed E-state index contributed by atoms with van der Waals surface area (Å²) in [6.45, 7) is 6.70. The van der Waals surface area contributed by atoms with Gasteiger partial charge < -0.3 is 48.0 Å². The maximum absolute atomic E-state index is 2.27. The summed E-state index contributed by atoms with van der Waals surface area (Å²) in [5.74, 6) is 0. The van der Waals surface area contributed by atoms with Crippen LogP contribution in [-0.4, -0.2) is 0 Å². The van der Waals surface area contributed by atoms with Crippen LogP contribution in [-0.2, 0) is 13.1 Å². The summed E-state index contributed by atoms with van der Waals surface area (Å²) in [7, 11) is 0. The minimum atomic E-state index is 0. The average Bonchev–Trinajstić information content (AvgIpc) is 2.76. The summed E-state index contributed by atoms with van der Waals surface area (Å²) in [6, 6.07) is 21.3. The molecule has 0 N–H and O–H groups in total. The van der Waals surface area contributed by atoms with Crippen LogP contribution in [0.5, 0.6) is 0 Å². The van der Waals surface area contributed by atoms with Crippen LogP contribution in [0.15, 0.2) is 85.5 Å². The number of rotatable bonds is 6. The predicted octanol–water partition coefficient (Wildman–Crippen LogP) is -0.137. The van der Waals surface area contributed by atoms with Gasteiger partial charge in [-0.15, -0.1) is 0 Å². The van der Waals surface area contributed by atoms with Crippen molar-refractivity contribution in [3.05, 3.63) is 85.5 Å². The van der Waals surface area contributed by atoms with Gasteiger partial charge in [-0.3, -0.25) is 0 Å². The second-order valence-electron chi connectivity index (χ2n) is 7.33. The van der Waals surface area contributed by atoms with E-state index in [4.69, 9.17) is 0 Å². The SMILES string of the molecule is CCCC[n+]1ccc2ccccc2c1.CCCC[n+]1ccc2ccccc2c1.[I-].[I-]. The Kier molecular flexibility index (Phi) is 13.1. The van der Waals surface area contributed by atoms with E-state index in [-0.39, 0.29) is 48.0 Å². The molecule has 160 valence electrons. The molecule has 0 aliphatic heterocycles. The van der Waals surface area contributed by atoms with Crippen LogP contribution in [0.4, 0.5) is 0 Å². The minimum Gasteiger partial charge on any atom is -1.00 e. The first-order valence-corrected chi connectivity index (χ1v) is 10.6. The van der Waals surface area contributed by atoms with E-state index in [2.05, 4.69) is 108 Å². The lowest BCUT2D eigenvalue weighted by atomic mass is 10.2. The number of hydrogen-bond donors (Lipinski definition) is 0. The number of nitrogens with zero attached hydrogens (tertiary/aromatic N) is 2. The summed E-state index contributed by atoms with van der Waals surface area (Å²) in [6.07, 6.45) is 13.8. The van der Waals surface area contributed by atoms with Crippen molar-refractivity contribution in [1.29, 1.82) is 0 Å². The number of aromatic nitrogens is 2. The molecule has 2 aromatic heterocycles. The molecule has 0 aliphatic rings. The molecular weight excluding hydrogens is 594 g/mol. The smallest absolute Gasteiger partial charge is 0.176 e. The van der Waals surface area contributed by atoms with Crippen molar-refractivity contribution in [2.75, 3.05) is 0 Å². The molecule has 0 bridgehead atoms. The fourth-order valence-electron chi connectivity index (χ4n) is 3.32. The molecule has 0 atom stereocenters. The predicted molar refractivity (Wildman–Crippen MR) is 118 cm³/mol. The summed E-state index contributed by atoms with van der Waals surface area (Å²) >= 11 is 0. The molecule has 0 spiro atoms. The van der Waals surface area contributed by atoms with Gasteiger partial charge in [0.1, 0.15) is 13.1 Å². The normalized spacial score (nSPS) is 9.93. The fraction of sp³-hybridized carbons (Fsp3) is 0.308. The van der Waals surface area contributed by atoms with E-state index < -0.39 is 0 Å². The molecule has 0 fully saturated rings. The van der Waals surface area contributed by atoms with Crippen LogP contribution in [0.2, 0.25) is 0 Å². The first-order chi connectivity index (χ1) is 13.8. The Hall–Kier alpha value is -1.28. The van der Waals surface area contributed by atoms with Crippen LogP contribution in [0.25, 0.3) is 21.5 Å². The van der Waals surface area contributed by atoms with E-state index in [1.807, 2.05) is 0 Å². The minimum absolute atomic E-state index is 0. The van der Waals surface area contributed by atoms with E-state index in [9.17, 15) is 0 Å². The zero-order valence-corrected chi connectivity index (χ0v) is 22.3. The monoisotopic (exact) mass is 626 g/mol. The second kappa shape index (κ2) is 14.7. The highest BCUT2D eigenvalue weighted by atomic mass is 127. The highest BCUT2D eigenvalue weighted by molar-refractivity contribution is 5.80. The standard InChI is InChI=1S/2C13H16N.2HI/c2*1-2-3-9-14-10-8-12-6-4-5-7-13(12)11-14;;/h2*4-8,10-11H,2-3,9H2,1H3;2*1H/q2*+1;;/p-2. The number of benzene rings is 2. The van der Waals surface area contributed by atoms with E-state index in [1.54, 1.807) is 0 Å². The van der Waals surface area contributed by atoms with Crippen molar-refractivity contribution in [2.24, 2.45) is 0 Å². The third-order valence-electron chi connectivity index (χ3n) is 5.03. The lowest BCUT2D eigenvalue weighted by molar-refractivity contribution is -0.696. The Morgan fingerprint density at radius 1 is 0.533 bits per heavy atom. The van der Waals surface area contributed by atoms with Gasteiger partial charge in [0.15, 0.2) is 24.8 Å². The van der Waals surface area contributed by atoms with Crippen LogP contribution >= 0.6 is 0 Å². The molecule has 0 saturated heterocycles. The molecule has 0 unspecified atom stereocenters.